The lowest BCUT2D eigenvalue weighted by atomic mass is 10.2. The number of nitrogens with two attached hydrogens (primary N) is 1. The molecule has 0 spiro atoms. The molecule has 1 aromatic carbocycles. The molecule has 2 atom stereocenters. The first-order valence-electron chi connectivity index (χ1n) is 5.94. The summed E-state index contributed by atoms with van der Waals surface area (Å²) >= 11 is 5.82. The third-order valence-electron chi connectivity index (χ3n) is 2.96. The lowest BCUT2D eigenvalue weighted by Crippen LogP contribution is -2.19. The topological polar surface area (TPSA) is 61.5 Å². The second-order valence-corrected chi connectivity index (χ2v) is 4.91. The van der Waals surface area contributed by atoms with Crippen LogP contribution in [0.4, 0.5) is 5.69 Å². The van der Waals surface area contributed by atoms with Crippen molar-refractivity contribution in [1.29, 1.82) is 0 Å². The minimum Gasteiger partial charge on any atom is -0.459 e. The average molecular weight is 270 g/mol. The van der Waals surface area contributed by atoms with Gasteiger partial charge in [-0.3, -0.25) is 0 Å². The van der Waals surface area contributed by atoms with Crippen LogP contribution in [0.1, 0.15) is 30.1 Å². The summed E-state index contributed by atoms with van der Waals surface area (Å²) < 4.78 is 10.8. The number of rotatable bonds is 3. The Balaban J connectivity index is 1.93. The van der Waals surface area contributed by atoms with Crippen molar-refractivity contribution in [3.05, 3.63) is 28.8 Å². The van der Waals surface area contributed by atoms with Gasteiger partial charge >= 0.3 is 5.97 Å². The SMILES string of the molecule is CC1CCC(COC(=O)c2cc(Cl)ccc2N)O1. The van der Waals surface area contributed by atoms with Crippen LogP contribution in [-0.2, 0) is 9.47 Å². The Bertz CT molecular complexity index is 450. The van der Waals surface area contributed by atoms with Gasteiger partial charge in [-0.15, -0.1) is 0 Å². The molecule has 1 aliphatic rings. The molecule has 0 aliphatic carbocycles. The predicted molar refractivity (Wildman–Crippen MR) is 69.7 cm³/mol. The fourth-order valence-corrected chi connectivity index (χ4v) is 2.13. The summed E-state index contributed by atoms with van der Waals surface area (Å²) in [6.07, 6.45) is 2.15. The summed E-state index contributed by atoms with van der Waals surface area (Å²) in [5, 5.41) is 0.460. The number of ether oxygens (including phenoxy) is 2. The highest BCUT2D eigenvalue weighted by Crippen LogP contribution is 2.21. The quantitative estimate of drug-likeness (QED) is 0.677. The highest BCUT2D eigenvalue weighted by molar-refractivity contribution is 6.31. The van der Waals surface area contributed by atoms with Crippen molar-refractivity contribution in [2.75, 3.05) is 12.3 Å². The van der Waals surface area contributed by atoms with Gasteiger partial charge in [-0.25, -0.2) is 4.79 Å². The fraction of sp³-hybridized carbons (Fsp3) is 0.462. The summed E-state index contributed by atoms with van der Waals surface area (Å²) in [6, 6.07) is 4.74. The van der Waals surface area contributed by atoms with Gasteiger partial charge in [-0.1, -0.05) is 11.6 Å². The highest BCUT2D eigenvalue weighted by atomic mass is 35.5. The Kier molecular flexibility index (Phi) is 4.09. The average Bonchev–Trinajstić information content (AvgIpc) is 2.75. The molecule has 1 saturated heterocycles. The first-order chi connectivity index (χ1) is 8.56. The second-order valence-electron chi connectivity index (χ2n) is 4.48. The van der Waals surface area contributed by atoms with Crippen molar-refractivity contribution in [3.63, 3.8) is 0 Å². The van der Waals surface area contributed by atoms with Gasteiger partial charge in [0.25, 0.3) is 0 Å². The molecule has 18 heavy (non-hydrogen) atoms. The van der Waals surface area contributed by atoms with Crippen LogP contribution >= 0.6 is 11.6 Å². The monoisotopic (exact) mass is 269 g/mol. The minimum absolute atomic E-state index is 0.00985. The van der Waals surface area contributed by atoms with Crippen LogP contribution in [0.2, 0.25) is 5.02 Å². The number of hydrogen-bond acceptors (Lipinski definition) is 4. The number of nitrogen functional groups attached to an aromatic ring is 1. The van der Waals surface area contributed by atoms with E-state index in [-0.39, 0.29) is 18.8 Å². The van der Waals surface area contributed by atoms with Crippen molar-refractivity contribution in [2.45, 2.75) is 32.0 Å². The van der Waals surface area contributed by atoms with Gasteiger partial charge in [0.1, 0.15) is 6.61 Å². The summed E-state index contributed by atoms with van der Waals surface area (Å²) in [7, 11) is 0. The zero-order valence-electron chi connectivity index (χ0n) is 10.2. The van der Waals surface area contributed by atoms with E-state index in [2.05, 4.69) is 0 Å². The van der Waals surface area contributed by atoms with Crippen LogP contribution in [0.15, 0.2) is 18.2 Å². The number of esters is 1. The number of hydrogen-bond donors (Lipinski definition) is 1. The van der Waals surface area contributed by atoms with E-state index >= 15 is 0 Å². The second kappa shape index (κ2) is 5.59. The van der Waals surface area contributed by atoms with Crippen molar-refractivity contribution < 1.29 is 14.3 Å². The number of benzene rings is 1. The van der Waals surface area contributed by atoms with Gasteiger partial charge in [0, 0.05) is 10.7 Å². The standard InChI is InChI=1S/C13H16ClNO3/c1-8-2-4-10(18-8)7-17-13(16)11-6-9(14)3-5-12(11)15/h3,5-6,8,10H,2,4,7,15H2,1H3. The van der Waals surface area contributed by atoms with Crippen LogP contribution in [0.5, 0.6) is 0 Å². The first kappa shape index (κ1) is 13.2. The van der Waals surface area contributed by atoms with Crippen molar-refractivity contribution in [2.24, 2.45) is 0 Å². The van der Waals surface area contributed by atoms with Crippen LogP contribution in [0, 0.1) is 0 Å². The Morgan fingerprint density at radius 3 is 3.00 bits per heavy atom. The van der Waals surface area contributed by atoms with E-state index in [0.29, 0.717) is 16.3 Å². The molecule has 5 heteroatoms. The molecule has 1 heterocycles. The third kappa shape index (κ3) is 3.15. The maximum atomic E-state index is 11.8. The highest BCUT2D eigenvalue weighted by Gasteiger charge is 2.23. The van der Waals surface area contributed by atoms with E-state index in [1.165, 1.54) is 6.07 Å². The molecule has 1 fully saturated rings. The van der Waals surface area contributed by atoms with Gasteiger partial charge in [0.15, 0.2) is 0 Å². The van der Waals surface area contributed by atoms with Crippen molar-refractivity contribution in [1.82, 2.24) is 0 Å². The molecule has 98 valence electrons. The molecule has 0 bridgehead atoms. The normalized spacial score (nSPS) is 23.0. The zero-order valence-corrected chi connectivity index (χ0v) is 10.9. The lowest BCUT2D eigenvalue weighted by molar-refractivity contribution is -0.00259. The molecular weight excluding hydrogens is 254 g/mol. The molecule has 2 unspecified atom stereocenters. The molecule has 0 saturated carbocycles. The maximum absolute atomic E-state index is 11.8. The molecule has 0 amide bonds. The van der Waals surface area contributed by atoms with E-state index in [1.54, 1.807) is 12.1 Å². The Hall–Kier alpha value is -1.26. The minimum atomic E-state index is -0.460. The number of halogens is 1. The van der Waals surface area contributed by atoms with E-state index in [9.17, 15) is 4.79 Å². The van der Waals surface area contributed by atoms with E-state index in [0.717, 1.165) is 12.8 Å². The molecular formula is C13H16ClNO3. The third-order valence-corrected chi connectivity index (χ3v) is 3.19. The van der Waals surface area contributed by atoms with Crippen LogP contribution < -0.4 is 5.73 Å². The predicted octanol–water partition coefficient (Wildman–Crippen LogP) is 2.65. The molecule has 2 rings (SSSR count). The Labute approximate surface area is 111 Å². The van der Waals surface area contributed by atoms with E-state index in [1.807, 2.05) is 6.92 Å². The molecule has 0 radical (unpaired) electrons. The van der Waals surface area contributed by atoms with Crippen molar-refractivity contribution in [3.8, 4) is 0 Å². The smallest absolute Gasteiger partial charge is 0.340 e. The molecule has 1 aliphatic heterocycles. The molecule has 4 nitrogen and oxygen atoms in total. The first-order valence-corrected chi connectivity index (χ1v) is 6.31. The maximum Gasteiger partial charge on any atom is 0.340 e. The Morgan fingerprint density at radius 2 is 2.33 bits per heavy atom. The Morgan fingerprint density at radius 1 is 1.56 bits per heavy atom. The number of anilines is 1. The van der Waals surface area contributed by atoms with Crippen LogP contribution in [0.3, 0.4) is 0 Å². The summed E-state index contributed by atoms with van der Waals surface area (Å²) in [4.78, 5) is 11.8. The molecule has 0 aromatic heterocycles. The van der Waals surface area contributed by atoms with Gasteiger partial charge in [0.2, 0.25) is 0 Å². The van der Waals surface area contributed by atoms with E-state index in [4.69, 9.17) is 26.8 Å². The van der Waals surface area contributed by atoms with Crippen LogP contribution in [-0.4, -0.2) is 24.8 Å². The van der Waals surface area contributed by atoms with Crippen molar-refractivity contribution >= 4 is 23.3 Å². The number of carbonyl (C=O) groups excluding carboxylic acids is 1. The van der Waals surface area contributed by atoms with Gasteiger partial charge in [0.05, 0.1) is 17.8 Å². The molecule has 1 aromatic rings. The zero-order chi connectivity index (χ0) is 13.1. The van der Waals surface area contributed by atoms with Gasteiger partial charge in [-0.2, -0.15) is 0 Å². The summed E-state index contributed by atoms with van der Waals surface area (Å²) in [5.41, 5.74) is 6.37. The summed E-state index contributed by atoms with van der Waals surface area (Å²) in [5.74, 6) is -0.460. The van der Waals surface area contributed by atoms with Gasteiger partial charge < -0.3 is 15.2 Å². The number of carbonyl (C=O) groups is 1. The lowest BCUT2D eigenvalue weighted by Gasteiger charge is -2.12. The largest absolute Gasteiger partial charge is 0.459 e. The molecule has 2 N–H and O–H groups in total. The summed E-state index contributed by atoms with van der Waals surface area (Å²) in [6.45, 7) is 2.27. The fourth-order valence-electron chi connectivity index (χ4n) is 1.96. The van der Waals surface area contributed by atoms with Crippen LogP contribution in [0.25, 0.3) is 0 Å². The van der Waals surface area contributed by atoms with E-state index < -0.39 is 5.97 Å². The van der Waals surface area contributed by atoms with Gasteiger partial charge in [-0.05, 0) is 38.0 Å².